The number of hydrogen-bond acceptors (Lipinski definition) is 2. The zero-order valence-corrected chi connectivity index (χ0v) is 7.73. The molecule has 0 atom stereocenters. The second-order valence-corrected chi connectivity index (χ2v) is 3.70. The molecule has 2 heterocycles. The molecule has 3 nitrogen and oxygen atoms in total. The molecule has 14 heavy (non-hydrogen) atoms. The summed E-state index contributed by atoms with van der Waals surface area (Å²) in [7, 11) is 0. The molecule has 0 fully saturated rings. The van der Waals surface area contributed by atoms with Crippen molar-refractivity contribution in [2.45, 2.75) is 19.3 Å². The van der Waals surface area contributed by atoms with Crippen LogP contribution in [0.3, 0.4) is 0 Å². The third-order valence-corrected chi connectivity index (χ3v) is 2.83. The number of carbonyl (C=O) groups is 1. The van der Waals surface area contributed by atoms with E-state index in [1.54, 1.807) is 0 Å². The van der Waals surface area contributed by atoms with Gasteiger partial charge in [-0.3, -0.25) is 4.79 Å². The molecule has 0 amide bonds. The Hall–Kier alpha value is -1.64. The van der Waals surface area contributed by atoms with Crippen molar-refractivity contribution < 1.29 is 4.79 Å². The van der Waals surface area contributed by atoms with E-state index in [0.29, 0.717) is 5.56 Å². The number of aromatic nitrogens is 2. The van der Waals surface area contributed by atoms with Crippen LogP contribution in [0.1, 0.15) is 28.0 Å². The van der Waals surface area contributed by atoms with Crippen molar-refractivity contribution in [2.24, 2.45) is 0 Å². The molecule has 0 saturated heterocycles. The van der Waals surface area contributed by atoms with E-state index in [2.05, 4.69) is 4.98 Å². The predicted molar refractivity (Wildman–Crippen MR) is 52.6 cm³/mol. The Bertz CT molecular complexity index is 513. The molecule has 0 saturated carbocycles. The van der Waals surface area contributed by atoms with Crippen molar-refractivity contribution >= 4 is 11.9 Å². The van der Waals surface area contributed by atoms with Crippen LogP contribution in [0, 0.1) is 0 Å². The summed E-state index contributed by atoms with van der Waals surface area (Å²) in [5.41, 5.74) is 4.24. The Labute approximate surface area is 81.4 Å². The Morgan fingerprint density at radius 2 is 2.36 bits per heavy atom. The minimum Gasteiger partial charge on any atom is -0.305 e. The lowest BCUT2D eigenvalue weighted by Gasteiger charge is -2.02. The van der Waals surface area contributed by atoms with Crippen LogP contribution >= 0.6 is 0 Å². The SMILES string of the molecule is O=Cc1cc2ncc3c(n2c1)CCC3. The summed E-state index contributed by atoms with van der Waals surface area (Å²) in [5.74, 6) is 0. The third-order valence-electron chi connectivity index (χ3n) is 2.83. The van der Waals surface area contributed by atoms with Crippen LogP contribution < -0.4 is 0 Å². The highest BCUT2D eigenvalue weighted by Crippen LogP contribution is 2.22. The first-order valence-corrected chi connectivity index (χ1v) is 4.82. The van der Waals surface area contributed by atoms with E-state index < -0.39 is 0 Å². The van der Waals surface area contributed by atoms with Crippen LogP contribution in [0.5, 0.6) is 0 Å². The number of aldehydes is 1. The quantitative estimate of drug-likeness (QED) is 0.634. The van der Waals surface area contributed by atoms with Gasteiger partial charge in [0.1, 0.15) is 5.65 Å². The Kier molecular flexibility index (Phi) is 1.48. The van der Waals surface area contributed by atoms with Gasteiger partial charge in [0.05, 0.1) is 0 Å². The number of rotatable bonds is 1. The Morgan fingerprint density at radius 1 is 1.43 bits per heavy atom. The van der Waals surface area contributed by atoms with Crippen molar-refractivity contribution in [1.82, 2.24) is 9.38 Å². The lowest BCUT2D eigenvalue weighted by Crippen LogP contribution is -1.95. The highest BCUT2D eigenvalue weighted by atomic mass is 16.1. The zero-order chi connectivity index (χ0) is 9.54. The minimum atomic E-state index is 0.706. The zero-order valence-electron chi connectivity index (χ0n) is 7.73. The van der Waals surface area contributed by atoms with Gasteiger partial charge in [0.2, 0.25) is 0 Å². The molecule has 0 radical (unpaired) electrons. The molecule has 2 aromatic heterocycles. The van der Waals surface area contributed by atoms with E-state index in [1.165, 1.54) is 17.7 Å². The van der Waals surface area contributed by atoms with Crippen LogP contribution in [-0.4, -0.2) is 15.7 Å². The van der Waals surface area contributed by atoms with Crippen LogP contribution in [0.25, 0.3) is 5.65 Å². The van der Waals surface area contributed by atoms with E-state index in [0.717, 1.165) is 24.8 Å². The maximum absolute atomic E-state index is 10.6. The van der Waals surface area contributed by atoms with Gasteiger partial charge in [-0.1, -0.05) is 0 Å². The predicted octanol–water partition coefficient (Wildman–Crippen LogP) is 1.64. The van der Waals surface area contributed by atoms with Crippen LogP contribution in [0.4, 0.5) is 0 Å². The first-order valence-electron chi connectivity index (χ1n) is 4.82. The molecule has 2 aromatic rings. The average molecular weight is 186 g/mol. The maximum atomic E-state index is 10.6. The molecule has 1 aliphatic carbocycles. The molecule has 0 aliphatic heterocycles. The van der Waals surface area contributed by atoms with Gasteiger partial charge in [-0.15, -0.1) is 0 Å². The third kappa shape index (κ3) is 0.923. The molecule has 0 unspecified atom stereocenters. The molecular formula is C11H10N2O. The van der Waals surface area contributed by atoms with Gasteiger partial charge >= 0.3 is 0 Å². The van der Waals surface area contributed by atoms with Crippen LogP contribution in [0.2, 0.25) is 0 Å². The van der Waals surface area contributed by atoms with Crippen LogP contribution in [-0.2, 0) is 12.8 Å². The summed E-state index contributed by atoms with van der Waals surface area (Å²) in [6, 6.07) is 1.82. The van der Waals surface area contributed by atoms with E-state index >= 15 is 0 Å². The van der Waals surface area contributed by atoms with E-state index in [4.69, 9.17) is 0 Å². The highest BCUT2D eigenvalue weighted by Gasteiger charge is 2.14. The number of aryl methyl sites for hydroxylation is 2. The average Bonchev–Trinajstić information content (AvgIpc) is 2.82. The monoisotopic (exact) mass is 186 g/mol. The summed E-state index contributed by atoms with van der Waals surface area (Å²) in [4.78, 5) is 15.0. The molecular weight excluding hydrogens is 176 g/mol. The smallest absolute Gasteiger partial charge is 0.151 e. The second kappa shape index (κ2) is 2.67. The Morgan fingerprint density at radius 3 is 3.21 bits per heavy atom. The molecule has 1 aliphatic rings. The molecule has 3 heteroatoms. The largest absolute Gasteiger partial charge is 0.305 e. The van der Waals surface area contributed by atoms with Crippen molar-refractivity contribution in [2.75, 3.05) is 0 Å². The fraction of sp³-hybridized carbons (Fsp3) is 0.273. The van der Waals surface area contributed by atoms with Gasteiger partial charge in [-0.05, 0) is 30.9 Å². The van der Waals surface area contributed by atoms with Gasteiger partial charge in [-0.25, -0.2) is 4.98 Å². The van der Waals surface area contributed by atoms with Crippen molar-refractivity contribution in [3.63, 3.8) is 0 Å². The Balaban J connectivity index is 2.36. The molecule has 0 spiro atoms. The molecule has 0 aromatic carbocycles. The normalized spacial score (nSPS) is 14.6. The summed E-state index contributed by atoms with van der Waals surface area (Å²) in [5, 5.41) is 0. The summed E-state index contributed by atoms with van der Waals surface area (Å²) in [6.07, 6.45) is 8.10. The van der Waals surface area contributed by atoms with Crippen molar-refractivity contribution in [3.05, 3.63) is 35.3 Å². The maximum Gasteiger partial charge on any atom is 0.151 e. The highest BCUT2D eigenvalue weighted by molar-refractivity contribution is 5.77. The van der Waals surface area contributed by atoms with E-state index in [9.17, 15) is 4.79 Å². The first-order chi connectivity index (χ1) is 6.88. The molecule has 70 valence electrons. The first kappa shape index (κ1) is 7.74. The van der Waals surface area contributed by atoms with Crippen molar-refractivity contribution in [3.8, 4) is 0 Å². The number of carbonyl (C=O) groups excluding carboxylic acids is 1. The second-order valence-electron chi connectivity index (χ2n) is 3.70. The lowest BCUT2D eigenvalue weighted by molar-refractivity contribution is 0.112. The summed E-state index contributed by atoms with van der Waals surface area (Å²) >= 11 is 0. The number of nitrogens with zero attached hydrogens (tertiary/aromatic N) is 2. The standard InChI is InChI=1S/C11H10N2O/c14-7-8-4-11-12-5-9-2-1-3-10(9)13(11)6-8/h4-7H,1-3H2. The van der Waals surface area contributed by atoms with Gasteiger partial charge in [0.25, 0.3) is 0 Å². The minimum absolute atomic E-state index is 0.706. The van der Waals surface area contributed by atoms with Gasteiger partial charge < -0.3 is 4.40 Å². The summed E-state index contributed by atoms with van der Waals surface area (Å²) in [6.45, 7) is 0. The van der Waals surface area contributed by atoms with Gasteiger partial charge in [0, 0.05) is 23.7 Å². The van der Waals surface area contributed by atoms with E-state index in [-0.39, 0.29) is 0 Å². The molecule has 3 rings (SSSR count). The van der Waals surface area contributed by atoms with Crippen LogP contribution in [0.15, 0.2) is 18.5 Å². The lowest BCUT2D eigenvalue weighted by atomic mass is 10.3. The van der Waals surface area contributed by atoms with Gasteiger partial charge in [0.15, 0.2) is 6.29 Å². The van der Waals surface area contributed by atoms with E-state index in [1.807, 2.05) is 22.9 Å². The van der Waals surface area contributed by atoms with Gasteiger partial charge in [-0.2, -0.15) is 0 Å². The summed E-state index contributed by atoms with van der Waals surface area (Å²) < 4.78 is 2.05. The van der Waals surface area contributed by atoms with Crippen molar-refractivity contribution in [1.29, 1.82) is 0 Å². The fourth-order valence-corrected chi connectivity index (χ4v) is 2.16. The fourth-order valence-electron chi connectivity index (χ4n) is 2.16. The molecule has 0 N–H and O–H groups in total. The topological polar surface area (TPSA) is 34.4 Å². The molecule has 0 bridgehead atoms. The number of hydrogen-bond donors (Lipinski definition) is 0. The number of fused-ring (bicyclic) bond motifs is 3.